The van der Waals surface area contributed by atoms with Gasteiger partial charge in [0.2, 0.25) is 10.9 Å². The molecule has 376 valence electrons. The first-order valence-corrected chi connectivity index (χ1v) is 25.5. The maximum Gasteiger partial charge on any atom is 0.341 e. The Morgan fingerprint density at radius 3 is 1.40 bits per heavy atom. The van der Waals surface area contributed by atoms with E-state index in [9.17, 15) is 42.6 Å². The number of benzene rings is 6. The Kier molecular flexibility index (Phi) is 14.1. The van der Waals surface area contributed by atoms with E-state index in [4.69, 9.17) is 0 Å². The highest BCUT2D eigenvalue weighted by molar-refractivity contribution is 9.08. The molecule has 2 aliphatic carbocycles. The number of hydrogen-bond donors (Lipinski definition) is 3. The first kappa shape index (κ1) is 49.5. The molecule has 17 heteroatoms. The third kappa shape index (κ3) is 10.2. The van der Waals surface area contributed by atoms with E-state index in [1.54, 1.807) is 24.3 Å². The lowest BCUT2D eigenvalue weighted by atomic mass is 10.0. The SMILES string of the molecule is Fc1ccc(CBr)c2ccccc12.O=C(O)c1cn(C2CC2)c2cc(N3CCN(Cc4ccc(F)c5ccccc45)CC3)c(F)cc2c1=O.O=C(O)c1cn(C2CC2)c2cc(N3CCNCC3)c(F)cc2c1=O. The van der Waals surface area contributed by atoms with Gasteiger partial charge in [-0.05, 0) is 84.0 Å². The lowest BCUT2D eigenvalue weighted by Gasteiger charge is -2.36. The number of nitrogens with zero attached hydrogens (tertiary/aromatic N) is 5. The van der Waals surface area contributed by atoms with Crippen LogP contribution in [0.4, 0.5) is 28.9 Å². The van der Waals surface area contributed by atoms with Crippen molar-refractivity contribution in [1.29, 1.82) is 0 Å². The molecule has 0 unspecified atom stereocenters. The van der Waals surface area contributed by atoms with Gasteiger partial charge in [0.05, 0.1) is 22.4 Å². The number of pyridine rings is 2. The first-order valence-electron chi connectivity index (χ1n) is 24.3. The van der Waals surface area contributed by atoms with Gasteiger partial charge in [-0.2, -0.15) is 0 Å². The standard InChI is InChI=1S/C28H25F2N3O3.C17H18FN3O3.C11H8BrF/c29-23-8-5-17(19-3-1-2-4-20(19)23)15-31-9-11-32(12-10-31)26-14-25-21(13-24(26)30)27(34)22(28(35)36)16-33(25)18-6-7-18;18-13-7-11-14(8-15(13)20-5-3-19-4-6-20)21(10-1-2-10)9-12(16(11)22)17(23)24;12-7-8-5-6-11(13)10-4-2-1-3-9(8)10/h1-5,8,13-14,16,18H,6-7,9-12,15H2,(H,35,36);7-10,19H,1-6H2,(H,23,24);1-6H,7H2. The predicted molar refractivity (Wildman–Crippen MR) is 280 cm³/mol. The summed E-state index contributed by atoms with van der Waals surface area (Å²) in [7, 11) is 0. The number of aromatic nitrogens is 2. The zero-order chi connectivity index (χ0) is 51.1. The van der Waals surface area contributed by atoms with Gasteiger partial charge in [0.25, 0.3) is 0 Å². The van der Waals surface area contributed by atoms with Crippen LogP contribution < -0.4 is 26.0 Å². The maximum absolute atomic E-state index is 15.2. The van der Waals surface area contributed by atoms with Crippen molar-refractivity contribution in [1.82, 2.24) is 19.4 Å². The molecule has 3 N–H and O–H groups in total. The molecule has 2 saturated carbocycles. The number of fused-ring (bicyclic) bond motifs is 4. The average molecular weight is 1060 g/mol. The van der Waals surface area contributed by atoms with Gasteiger partial charge in [0, 0.05) is 110 Å². The van der Waals surface area contributed by atoms with E-state index in [0.29, 0.717) is 79.0 Å². The Morgan fingerprint density at radius 1 is 0.534 bits per heavy atom. The van der Waals surface area contributed by atoms with Crippen LogP contribution in [0.2, 0.25) is 0 Å². The monoisotopic (exact) mass is 1060 g/mol. The second kappa shape index (κ2) is 20.8. The highest BCUT2D eigenvalue weighted by atomic mass is 79.9. The van der Waals surface area contributed by atoms with E-state index in [-0.39, 0.29) is 45.6 Å². The summed E-state index contributed by atoms with van der Waals surface area (Å²) < 4.78 is 61.0. The van der Waals surface area contributed by atoms with Crippen molar-refractivity contribution in [2.75, 3.05) is 62.2 Å². The molecule has 8 aromatic rings. The number of carboxylic acid groups (broad SMARTS) is 2. The summed E-state index contributed by atoms with van der Waals surface area (Å²) in [6.45, 7) is 6.24. The van der Waals surface area contributed by atoms with Crippen molar-refractivity contribution in [2.24, 2.45) is 0 Å². The Hall–Kier alpha value is -7.08. The quantitative estimate of drug-likeness (QED) is 0.0946. The van der Waals surface area contributed by atoms with Crippen LogP contribution in [0.1, 0.15) is 69.6 Å². The lowest BCUT2D eigenvalue weighted by molar-refractivity contribution is 0.0684. The Morgan fingerprint density at radius 2 is 0.959 bits per heavy atom. The van der Waals surface area contributed by atoms with E-state index >= 15 is 4.39 Å². The summed E-state index contributed by atoms with van der Waals surface area (Å²) in [4.78, 5) is 54.3. The molecule has 0 radical (unpaired) electrons. The highest BCUT2D eigenvalue weighted by Crippen LogP contribution is 2.40. The van der Waals surface area contributed by atoms with Gasteiger partial charge < -0.3 is 34.5 Å². The molecule has 12 rings (SSSR count). The minimum Gasteiger partial charge on any atom is -0.477 e. The maximum atomic E-state index is 15.2. The molecule has 2 aromatic heterocycles. The van der Waals surface area contributed by atoms with E-state index in [2.05, 4.69) is 26.1 Å². The number of carbonyl (C=O) groups is 2. The number of aromatic carboxylic acids is 2. The summed E-state index contributed by atoms with van der Waals surface area (Å²) >= 11 is 3.38. The van der Waals surface area contributed by atoms with Crippen LogP contribution in [0, 0.1) is 23.3 Å². The van der Waals surface area contributed by atoms with Gasteiger partial charge in [-0.25, -0.2) is 27.2 Å². The molecule has 4 heterocycles. The van der Waals surface area contributed by atoms with E-state index in [1.807, 2.05) is 67.5 Å². The third-order valence-corrected chi connectivity index (χ3v) is 14.8. The molecule has 6 aromatic carbocycles. The number of rotatable bonds is 9. The first-order chi connectivity index (χ1) is 35.3. The summed E-state index contributed by atoms with van der Waals surface area (Å²) in [5.41, 5.74) is 2.35. The summed E-state index contributed by atoms with van der Waals surface area (Å²) in [5, 5.41) is 26.1. The van der Waals surface area contributed by atoms with Crippen LogP contribution in [0.15, 0.2) is 119 Å². The highest BCUT2D eigenvalue weighted by Gasteiger charge is 2.30. The fraction of sp³-hybridized carbons (Fsp3) is 0.286. The van der Waals surface area contributed by atoms with Crippen LogP contribution >= 0.6 is 15.9 Å². The zero-order valence-electron chi connectivity index (χ0n) is 39.6. The lowest BCUT2D eigenvalue weighted by Crippen LogP contribution is -2.46. The molecular formula is C56H51BrF4N6O6. The van der Waals surface area contributed by atoms with E-state index in [1.165, 1.54) is 36.7 Å². The van der Waals surface area contributed by atoms with Crippen molar-refractivity contribution < 1.29 is 37.4 Å². The van der Waals surface area contributed by atoms with E-state index < -0.39 is 34.4 Å². The van der Waals surface area contributed by atoms with Crippen LogP contribution in [-0.4, -0.2) is 88.5 Å². The number of carboxylic acids is 2. The fourth-order valence-corrected chi connectivity index (χ4v) is 10.5. The van der Waals surface area contributed by atoms with Crippen molar-refractivity contribution in [3.05, 3.63) is 175 Å². The molecule has 2 aliphatic heterocycles. The number of nitrogens with one attached hydrogen (secondary N) is 1. The minimum atomic E-state index is -1.30. The van der Waals surface area contributed by atoms with Crippen molar-refractivity contribution in [2.45, 2.75) is 49.6 Å². The van der Waals surface area contributed by atoms with Gasteiger partial charge >= 0.3 is 11.9 Å². The zero-order valence-corrected chi connectivity index (χ0v) is 41.2. The molecule has 4 fully saturated rings. The predicted octanol–water partition coefficient (Wildman–Crippen LogP) is 10.2. The van der Waals surface area contributed by atoms with Crippen molar-refractivity contribution >= 4 is 82.6 Å². The van der Waals surface area contributed by atoms with Crippen molar-refractivity contribution in [3.63, 3.8) is 0 Å². The number of halogens is 5. The summed E-state index contributed by atoms with van der Waals surface area (Å²) in [5.74, 6) is -3.96. The third-order valence-electron chi connectivity index (χ3n) is 14.2. The van der Waals surface area contributed by atoms with Gasteiger partial charge in [-0.3, -0.25) is 14.5 Å². The second-order valence-electron chi connectivity index (χ2n) is 18.9. The molecule has 2 saturated heterocycles. The number of hydrogen-bond acceptors (Lipinski definition) is 8. The normalized spacial score (nSPS) is 16.1. The van der Waals surface area contributed by atoms with Crippen LogP contribution in [-0.2, 0) is 11.9 Å². The molecule has 0 atom stereocenters. The van der Waals surface area contributed by atoms with Crippen molar-refractivity contribution in [3.8, 4) is 0 Å². The van der Waals surface area contributed by atoms with Gasteiger partial charge in [0.1, 0.15) is 34.4 Å². The molecule has 12 nitrogen and oxygen atoms in total. The van der Waals surface area contributed by atoms with Gasteiger partial charge in [0.15, 0.2) is 0 Å². The number of alkyl halides is 1. The molecule has 0 spiro atoms. The smallest absolute Gasteiger partial charge is 0.341 e. The number of piperazine rings is 2. The topological polar surface area (TPSA) is 140 Å². The van der Waals surface area contributed by atoms with E-state index in [0.717, 1.165) is 66.0 Å². The minimum absolute atomic E-state index is 0.102. The summed E-state index contributed by atoms with van der Waals surface area (Å²) in [6, 6.07) is 27.7. The largest absolute Gasteiger partial charge is 0.477 e. The van der Waals surface area contributed by atoms with Gasteiger partial charge in [-0.15, -0.1) is 0 Å². The molecule has 73 heavy (non-hydrogen) atoms. The Balaban J connectivity index is 0.000000141. The van der Waals surface area contributed by atoms with Gasteiger partial charge in [-0.1, -0.05) is 76.6 Å². The van der Waals surface area contributed by atoms with Crippen LogP contribution in [0.25, 0.3) is 43.4 Å². The molecule has 0 amide bonds. The molecular weight excluding hydrogens is 1010 g/mol. The fourth-order valence-electron chi connectivity index (χ4n) is 10.0. The average Bonchev–Trinajstić information content (AvgIpc) is 4.35. The summed E-state index contributed by atoms with van der Waals surface area (Å²) in [6.07, 6.45) is 6.50. The second-order valence-corrected chi connectivity index (χ2v) is 19.5. The Labute approximate surface area is 424 Å². The molecule has 0 bridgehead atoms. The number of anilines is 2. The molecule has 4 aliphatic rings. The van der Waals surface area contributed by atoms with Crippen LogP contribution in [0.3, 0.4) is 0 Å². The Bertz CT molecular complexity index is 3590. The van der Waals surface area contributed by atoms with Crippen LogP contribution in [0.5, 0.6) is 0 Å².